The average molecular weight is 470 g/mol. The van der Waals surface area contributed by atoms with Crippen LogP contribution < -0.4 is 5.56 Å². The third-order valence-corrected chi connectivity index (χ3v) is 6.64. The van der Waals surface area contributed by atoms with Gasteiger partial charge in [0.25, 0.3) is 5.56 Å². The molecule has 0 saturated carbocycles. The SMILES string of the molecule is C[C@H](c1ccccc1)n1c(SCCCc2nc(-c3cccnc3)no2)nc2ccccc2c1=O. The van der Waals surface area contributed by atoms with Gasteiger partial charge in [0.1, 0.15) is 0 Å². The maximum Gasteiger partial charge on any atom is 0.262 e. The molecule has 0 fully saturated rings. The van der Waals surface area contributed by atoms with E-state index in [1.807, 2.05) is 73.7 Å². The fraction of sp³-hybridized carbons (Fsp3) is 0.192. The molecule has 0 spiro atoms. The van der Waals surface area contributed by atoms with Crippen molar-refractivity contribution < 1.29 is 4.52 Å². The summed E-state index contributed by atoms with van der Waals surface area (Å²) < 4.78 is 7.20. The third-order valence-electron chi connectivity index (χ3n) is 5.60. The minimum Gasteiger partial charge on any atom is -0.339 e. The topological polar surface area (TPSA) is 86.7 Å². The molecule has 170 valence electrons. The molecule has 2 aromatic carbocycles. The summed E-state index contributed by atoms with van der Waals surface area (Å²) in [7, 11) is 0. The highest BCUT2D eigenvalue weighted by Crippen LogP contribution is 2.25. The van der Waals surface area contributed by atoms with Gasteiger partial charge in [0.05, 0.1) is 16.9 Å². The Hall–Kier alpha value is -3.78. The van der Waals surface area contributed by atoms with E-state index < -0.39 is 0 Å². The summed E-state index contributed by atoms with van der Waals surface area (Å²) >= 11 is 1.57. The highest BCUT2D eigenvalue weighted by Gasteiger charge is 2.18. The normalized spacial score (nSPS) is 12.1. The Kier molecular flexibility index (Phi) is 6.49. The Balaban J connectivity index is 1.34. The number of para-hydroxylation sites is 1. The van der Waals surface area contributed by atoms with Crippen molar-refractivity contribution >= 4 is 22.7 Å². The van der Waals surface area contributed by atoms with Gasteiger partial charge in [-0.2, -0.15) is 4.98 Å². The first-order chi connectivity index (χ1) is 16.7. The quantitative estimate of drug-likeness (QED) is 0.176. The number of aromatic nitrogens is 5. The summed E-state index contributed by atoms with van der Waals surface area (Å²) in [6, 6.07) is 21.1. The molecule has 0 aliphatic rings. The Bertz CT molecular complexity index is 1450. The Morgan fingerprint density at radius 1 is 1.00 bits per heavy atom. The lowest BCUT2D eigenvalue weighted by atomic mass is 10.1. The van der Waals surface area contributed by atoms with Crippen LogP contribution in [-0.4, -0.2) is 30.4 Å². The summed E-state index contributed by atoms with van der Waals surface area (Å²) in [5.74, 6) is 1.88. The van der Waals surface area contributed by atoms with Crippen LogP contribution in [0, 0.1) is 0 Å². The highest BCUT2D eigenvalue weighted by atomic mass is 32.2. The van der Waals surface area contributed by atoms with Gasteiger partial charge in [-0.25, -0.2) is 4.98 Å². The number of pyridine rings is 1. The second kappa shape index (κ2) is 10.0. The monoisotopic (exact) mass is 469 g/mol. The molecule has 1 atom stereocenters. The standard InChI is InChI=1S/C26H23N5O2S/c1-18(19-9-3-2-4-10-19)31-25(32)21-12-5-6-13-22(21)28-26(31)34-16-8-14-23-29-24(30-33-23)20-11-7-15-27-17-20/h2-7,9-13,15,17-18H,8,14,16H2,1H3/t18-/m1/s1. The van der Waals surface area contributed by atoms with Crippen LogP contribution in [0.25, 0.3) is 22.3 Å². The fourth-order valence-electron chi connectivity index (χ4n) is 3.81. The molecule has 5 aromatic rings. The van der Waals surface area contributed by atoms with E-state index in [4.69, 9.17) is 9.51 Å². The number of rotatable bonds is 8. The smallest absolute Gasteiger partial charge is 0.262 e. The van der Waals surface area contributed by atoms with Crippen molar-refractivity contribution in [1.29, 1.82) is 0 Å². The molecule has 0 unspecified atom stereocenters. The second-order valence-electron chi connectivity index (χ2n) is 7.88. The predicted molar refractivity (Wildman–Crippen MR) is 133 cm³/mol. The zero-order chi connectivity index (χ0) is 23.3. The van der Waals surface area contributed by atoms with Crippen molar-refractivity contribution in [2.75, 3.05) is 5.75 Å². The lowest BCUT2D eigenvalue weighted by molar-refractivity contribution is 0.378. The summed E-state index contributed by atoms with van der Waals surface area (Å²) in [6.07, 6.45) is 4.87. The van der Waals surface area contributed by atoms with Crippen LogP contribution in [0.5, 0.6) is 0 Å². The number of thioether (sulfide) groups is 1. The Morgan fingerprint density at radius 3 is 2.65 bits per heavy atom. The summed E-state index contributed by atoms with van der Waals surface area (Å²) in [5, 5.41) is 5.39. The van der Waals surface area contributed by atoms with Gasteiger partial charge >= 0.3 is 0 Å². The van der Waals surface area contributed by atoms with Gasteiger partial charge in [0, 0.05) is 30.1 Å². The van der Waals surface area contributed by atoms with Crippen LogP contribution in [-0.2, 0) is 6.42 Å². The van der Waals surface area contributed by atoms with Crippen molar-refractivity contribution in [3.05, 3.63) is 101 Å². The molecule has 0 aliphatic heterocycles. The number of hydrogen-bond donors (Lipinski definition) is 0. The van der Waals surface area contributed by atoms with Crippen LogP contribution in [0.1, 0.15) is 30.8 Å². The predicted octanol–water partition coefficient (Wildman–Crippen LogP) is 5.18. The van der Waals surface area contributed by atoms with Gasteiger partial charge < -0.3 is 4.52 Å². The van der Waals surface area contributed by atoms with E-state index in [0.717, 1.165) is 23.3 Å². The van der Waals surface area contributed by atoms with Gasteiger partial charge in [-0.3, -0.25) is 14.3 Å². The molecule has 0 aliphatic carbocycles. The Morgan fingerprint density at radius 2 is 1.82 bits per heavy atom. The summed E-state index contributed by atoms with van der Waals surface area (Å²) in [5.41, 5.74) is 2.58. The molecule has 3 heterocycles. The highest BCUT2D eigenvalue weighted by molar-refractivity contribution is 7.99. The van der Waals surface area contributed by atoms with Gasteiger partial charge in [0.2, 0.25) is 11.7 Å². The van der Waals surface area contributed by atoms with Gasteiger partial charge in [-0.1, -0.05) is 59.4 Å². The molecule has 34 heavy (non-hydrogen) atoms. The minimum absolute atomic E-state index is 0.0255. The number of nitrogens with zero attached hydrogens (tertiary/aromatic N) is 5. The van der Waals surface area contributed by atoms with E-state index in [-0.39, 0.29) is 11.6 Å². The van der Waals surface area contributed by atoms with Crippen LogP contribution >= 0.6 is 11.8 Å². The molecule has 0 radical (unpaired) electrons. The van der Waals surface area contributed by atoms with E-state index >= 15 is 0 Å². The minimum atomic E-state index is -0.133. The molecule has 7 nitrogen and oxygen atoms in total. The fourth-order valence-corrected chi connectivity index (χ4v) is 4.82. The van der Waals surface area contributed by atoms with Crippen molar-refractivity contribution in [1.82, 2.24) is 24.7 Å². The third kappa shape index (κ3) is 4.63. The van der Waals surface area contributed by atoms with E-state index in [1.165, 1.54) is 0 Å². The molecule has 3 aromatic heterocycles. The molecule has 8 heteroatoms. The lowest BCUT2D eigenvalue weighted by Crippen LogP contribution is -2.27. The van der Waals surface area contributed by atoms with E-state index in [0.29, 0.717) is 34.2 Å². The maximum absolute atomic E-state index is 13.4. The number of hydrogen-bond acceptors (Lipinski definition) is 7. The first-order valence-electron chi connectivity index (χ1n) is 11.1. The van der Waals surface area contributed by atoms with Crippen molar-refractivity contribution in [3.63, 3.8) is 0 Å². The number of aryl methyl sites for hydroxylation is 1. The van der Waals surface area contributed by atoms with Crippen LogP contribution in [0.15, 0.2) is 93.6 Å². The van der Waals surface area contributed by atoms with Crippen molar-refractivity contribution in [2.24, 2.45) is 0 Å². The van der Waals surface area contributed by atoms with Crippen molar-refractivity contribution in [2.45, 2.75) is 31.0 Å². The largest absolute Gasteiger partial charge is 0.339 e. The molecule has 5 rings (SSSR count). The van der Waals surface area contributed by atoms with E-state index in [1.54, 1.807) is 28.7 Å². The number of fused-ring (bicyclic) bond motifs is 1. The average Bonchev–Trinajstić information content (AvgIpc) is 3.36. The van der Waals surface area contributed by atoms with Gasteiger partial charge in [-0.05, 0) is 43.2 Å². The van der Waals surface area contributed by atoms with E-state index in [9.17, 15) is 4.79 Å². The second-order valence-corrected chi connectivity index (χ2v) is 8.94. The molecule has 0 amide bonds. The van der Waals surface area contributed by atoms with Crippen LogP contribution in [0.3, 0.4) is 0 Å². The first kappa shape index (κ1) is 22.0. The summed E-state index contributed by atoms with van der Waals surface area (Å²) in [4.78, 5) is 26.8. The molecular formula is C26H23N5O2S. The zero-order valence-corrected chi connectivity index (χ0v) is 19.5. The lowest BCUT2D eigenvalue weighted by Gasteiger charge is -2.20. The van der Waals surface area contributed by atoms with Crippen LogP contribution in [0.4, 0.5) is 0 Å². The number of benzene rings is 2. The maximum atomic E-state index is 13.4. The van der Waals surface area contributed by atoms with Crippen LogP contribution in [0.2, 0.25) is 0 Å². The first-order valence-corrected chi connectivity index (χ1v) is 12.1. The van der Waals surface area contributed by atoms with Crippen molar-refractivity contribution in [3.8, 4) is 11.4 Å². The van der Waals surface area contributed by atoms with E-state index in [2.05, 4.69) is 15.1 Å². The molecule has 0 N–H and O–H groups in total. The zero-order valence-electron chi connectivity index (χ0n) is 18.7. The Labute approximate surface area is 200 Å². The summed E-state index contributed by atoms with van der Waals surface area (Å²) in [6.45, 7) is 2.04. The molecular weight excluding hydrogens is 446 g/mol. The van der Waals surface area contributed by atoms with Gasteiger partial charge in [0.15, 0.2) is 5.16 Å². The molecule has 0 bridgehead atoms. The molecule has 0 saturated heterocycles. The van der Waals surface area contributed by atoms with Gasteiger partial charge in [-0.15, -0.1) is 0 Å².